The fourth-order valence-electron chi connectivity index (χ4n) is 4.78. The van der Waals surface area contributed by atoms with Crippen LogP contribution in [-0.4, -0.2) is 49.4 Å². The van der Waals surface area contributed by atoms with Crippen molar-refractivity contribution in [2.75, 3.05) is 19.7 Å². The molecule has 0 aliphatic heterocycles. The van der Waals surface area contributed by atoms with Crippen molar-refractivity contribution in [2.24, 2.45) is 0 Å². The molecule has 0 radical (unpaired) electrons. The second-order valence-corrected chi connectivity index (χ2v) is 11.1. The van der Waals surface area contributed by atoms with Crippen molar-refractivity contribution < 1.29 is 23.9 Å². The van der Waals surface area contributed by atoms with Crippen LogP contribution in [-0.2, 0) is 27.3 Å². The molecule has 0 aromatic heterocycles. The van der Waals surface area contributed by atoms with Gasteiger partial charge in [-0.1, -0.05) is 71.2 Å². The maximum Gasteiger partial charge on any atom is 0.330 e. The predicted molar refractivity (Wildman–Crippen MR) is 165 cm³/mol. The minimum atomic E-state index is -1.21. The topological polar surface area (TPSA) is 126 Å². The fourth-order valence-corrected chi connectivity index (χ4v) is 5.65. The number of carbonyl (C=O) groups excluding carboxylic acids is 4. The van der Waals surface area contributed by atoms with Gasteiger partial charge < -0.3 is 26.0 Å². The molecule has 2 unspecified atom stereocenters. The number of hydrogen-bond acceptors (Lipinski definition) is 6. The van der Waals surface area contributed by atoms with E-state index in [4.69, 9.17) is 39.5 Å². The highest BCUT2D eigenvalue weighted by Gasteiger charge is 2.27. The number of amides is 3. The number of nitrogens with one attached hydrogen (secondary N) is 4. The van der Waals surface area contributed by atoms with Crippen LogP contribution in [0.15, 0.2) is 60.7 Å². The van der Waals surface area contributed by atoms with E-state index in [1.807, 2.05) is 24.3 Å². The van der Waals surface area contributed by atoms with Crippen LogP contribution in [0.4, 0.5) is 0 Å². The first-order valence-electron chi connectivity index (χ1n) is 13.7. The summed E-state index contributed by atoms with van der Waals surface area (Å²) < 4.78 is 5.09. The molecule has 1 aliphatic carbocycles. The molecular formula is C31H31Cl3N4O5. The Bertz CT molecular complexity index is 1490. The largest absolute Gasteiger partial charge is 0.464 e. The SMILES string of the molecule is CCOC(=O)C(CNC(=O)CNC1CCc2ccccc21)NC(=O)c1c(Cl)cc(C(=O)NCc2cccc(Cl)c2)cc1Cl. The molecule has 0 fully saturated rings. The minimum Gasteiger partial charge on any atom is -0.464 e. The summed E-state index contributed by atoms with van der Waals surface area (Å²) in [5.41, 5.74) is 3.24. The molecule has 0 saturated carbocycles. The molecule has 4 N–H and O–H groups in total. The molecule has 3 amide bonds. The van der Waals surface area contributed by atoms with Crippen LogP contribution in [0.5, 0.6) is 0 Å². The van der Waals surface area contributed by atoms with Gasteiger partial charge in [0.05, 0.1) is 28.8 Å². The van der Waals surface area contributed by atoms with Crippen LogP contribution in [0.25, 0.3) is 0 Å². The zero-order valence-electron chi connectivity index (χ0n) is 23.3. The number of fused-ring (bicyclic) bond motifs is 1. The predicted octanol–water partition coefficient (Wildman–Crippen LogP) is 4.63. The molecule has 2 atom stereocenters. The first-order chi connectivity index (χ1) is 20.7. The van der Waals surface area contributed by atoms with Gasteiger partial charge in [0.15, 0.2) is 0 Å². The highest BCUT2D eigenvalue weighted by atomic mass is 35.5. The van der Waals surface area contributed by atoms with Gasteiger partial charge in [-0.25, -0.2) is 4.79 Å². The van der Waals surface area contributed by atoms with Crippen molar-refractivity contribution in [1.82, 2.24) is 21.3 Å². The molecule has 226 valence electrons. The van der Waals surface area contributed by atoms with Crippen LogP contribution in [0, 0.1) is 0 Å². The number of ether oxygens (including phenoxy) is 1. The van der Waals surface area contributed by atoms with E-state index in [0.717, 1.165) is 18.4 Å². The number of benzene rings is 3. The van der Waals surface area contributed by atoms with Crippen molar-refractivity contribution in [3.05, 3.63) is 104 Å². The second-order valence-electron chi connectivity index (χ2n) is 9.88. The Kier molecular flexibility index (Phi) is 11.4. The molecule has 4 rings (SSSR count). The van der Waals surface area contributed by atoms with Crippen LogP contribution in [0.1, 0.15) is 56.8 Å². The van der Waals surface area contributed by atoms with E-state index in [0.29, 0.717) is 5.02 Å². The summed E-state index contributed by atoms with van der Waals surface area (Å²) in [5, 5.41) is 11.5. The summed E-state index contributed by atoms with van der Waals surface area (Å²) in [5.74, 6) is -2.32. The zero-order valence-corrected chi connectivity index (χ0v) is 25.6. The fraction of sp³-hybridized carbons (Fsp3) is 0.290. The molecule has 9 nitrogen and oxygen atoms in total. The van der Waals surface area contributed by atoms with E-state index in [2.05, 4.69) is 27.3 Å². The van der Waals surface area contributed by atoms with E-state index in [1.54, 1.807) is 25.1 Å². The van der Waals surface area contributed by atoms with E-state index >= 15 is 0 Å². The Morgan fingerprint density at radius 1 is 0.930 bits per heavy atom. The summed E-state index contributed by atoms with van der Waals surface area (Å²) in [6.07, 6.45) is 1.82. The Labute approximate surface area is 264 Å². The monoisotopic (exact) mass is 644 g/mol. The third-order valence-corrected chi connectivity index (χ3v) is 7.73. The molecule has 12 heteroatoms. The van der Waals surface area contributed by atoms with E-state index < -0.39 is 23.8 Å². The highest BCUT2D eigenvalue weighted by molar-refractivity contribution is 6.40. The summed E-state index contributed by atoms with van der Waals surface area (Å²) in [4.78, 5) is 51.1. The number of aryl methyl sites for hydroxylation is 1. The third kappa shape index (κ3) is 8.70. The molecule has 1 aliphatic rings. The quantitative estimate of drug-likeness (QED) is 0.213. The Morgan fingerprint density at radius 2 is 1.67 bits per heavy atom. The number of esters is 1. The minimum absolute atomic E-state index is 0.0288. The van der Waals surface area contributed by atoms with E-state index in [1.165, 1.54) is 23.3 Å². The Hall–Kier alpha value is -3.63. The van der Waals surface area contributed by atoms with Crippen LogP contribution >= 0.6 is 34.8 Å². The normalized spacial score (nSPS) is 14.4. The van der Waals surface area contributed by atoms with Crippen molar-refractivity contribution in [1.29, 1.82) is 0 Å². The average Bonchev–Trinajstić information content (AvgIpc) is 3.39. The first kappa shape index (κ1) is 32.3. The first-order valence-corrected chi connectivity index (χ1v) is 14.9. The zero-order chi connectivity index (χ0) is 30.9. The molecule has 43 heavy (non-hydrogen) atoms. The van der Waals surface area contributed by atoms with E-state index in [-0.39, 0.29) is 59.4 Å². The van der Waals surface area contributed by atoms with Crippen LogP contribution in [0.2, 0.25) is 15.1 Å². The van der Waals surface area contributed by atoms with Crippen molar-refractivity contribution in [2.45, 2.75) is 38.4 Å². The van der Waals surface area contributed by atoms with Crippen LogP contribution in [0.3, 0.4) is 0 Å². The highest BCUT2D eigenvalue weighted by Crippen LogP contribution is 2.30. The molecule has 0 heterocycles. The molecular weight excluding hydrogens is 615 g/mol. The molecule has 3 aromatic rings. The van der Waals surface area contributed by atoms with Crippen LogP contribution < -0.4 is 21.3 Å². The molecule has 0 spiro atoms. The lowest BCUT2D eigenvalue weighted by molar-refractivity contribution is -0.145. The molecule has 3 aromatic carbocycles. The van der Waals surface area contributed by atoms with Gasteiger partial charge in [-0.15, -0.1) is 0 Å². The third-order valence-electron chi connectivity index (χ3n) is 6.90. The van der Waals surface area contributed by atoms with Gasteiger partial charge in [0.2, 0.25) is 5.91 Å². The summed E-state index contributed by atoms with van der Waals surface area (Å²) in [7, 11) is 0. The molecule has 0 saturated heterocycles. The summed E-state index contributed by atoms with van der Waals surface area (Å²) >= 11 is 18.7. The number of halogens is 3. The number of carbonyl (C=O) groups is 4. The van der Waals surface area contributed by atoms with Gasteiger partial charge in [-0.2, -0.15) is 0 Å². The van der Waals surface area contributed by atoms with Crippen molar-refractivity contribution in [3.63, 3.8) is 0 Å². The lowest BCUT2D eigenvalue weighted by Gasteiger charge is -2.20. The summed E-state index contributed by atoms with van der Waals surface area (Å²) in [6, 6.07) is 16.6. The lowest BCUT2D eigenvalue weighted by Crippen LogP contribution is -2.50. The standard InChI is InChI=1S/C31H31Cl3N4O5/c1-2-43-31(42)26(16-36-27(39)17-35-25-11-10-19-7-3-4-9-22(19)25)38-30(41)28-23(33)13-20(14-24(28)34)29(40)37-15-18-6-5-8-21(32)12-18/h3-9,12-14,25-26,35H,2,10-11,15-17H2,1H3,(H,36,39)(H,37,40)(H,38,41). The molecule has 0 bridgehead atoms. The van der Waals surface area contributed by atoms with Gasteiger partial charge in [0, 0.05) is 29.7 Å². The van der Waals surface area contributed by atoms with Gasteiger partial charge in [0.25, 0.3) is 11.8 Å². The smallest absolute Gasteiger partial charge is 0.330 e. The van der Waals surface area contributed by atoms with Gasteiger partial charge >= 0.3 is 5.97 Å². The van der Waals surface area contributed by atoms with Gasteiger partial charge in [-0.3, -0.25) is 14.4 Å². The Morgan fingerprint density at radius 3 is 2.40 bits per heavy atom. The average molecular weight is 646 g/mol. The Balaban J connectivity index is 1.35. The maximum atomic E-state index is 13.2. The number of rotatable bonds is 12. The second kappa shape index (κ2) is 15.2. The van der Waals surface area contributed by atoms with Gasteiger partial charge in [0.1, 0.15) is 6.04 Å². The van der Waals surface area contributed by atoms with Crippen molar-refractivity contribution >= 4 is 58.5 Å². The maximum absolute atomic E-state index is 13.2. The van der Waals surface area contributed by atoms with Crippen molar-refractivity contribution in [3.8, 4) is 0 Å². The number of hydrogen-bond donors (Lipinski definition) is 4. The lowest BCUT2D eigenvalue weighted by atomic mass is 10.1. The summed E-state index contributed by atoms with van der Waals surface area (Å²) in [6.45, 7) is 1.73. The van der Waals surface area contributed by atoms with E-state index in [9.17, 15) is 19.2 Å². The van der Waals surface area contributed by atoms with Gasteiger partial charge in [-0.05, 0) is 60.7 Å².